The normalized spacial score (nSPS) is 10.6. The molecule has 0 saturated heterocycles. The number of ether oxygens (including phenoxy) is 2. The third-order valence-corrected chi connectivity index (χ3v) is 4.15. The van der Waals surface area contributed by atoms with Gasteiger partial charge in [-0.3, -0.25) is 0 Å². The van der Waals surface area contributed by atoms with Crippen molar-refractivity contribution in [1.29, 1.82) is 0 Å². The minimum Gasteiger partial charge on any atom is -0.497 e. The summed E-state index contributed by atoms with van der Waals surface area (Å²) >= 11 is 1.57. The number of nitrogens with zero attached hydrogens (tertiary/aromatic N) is 1. The summed E-state index contributed by atoms with van der Waals surface area (Å²) < 4.78 is 10.8. The lowest BCUT2D eigenvalue weighted by Crippen LogP contribution is -1.96. The van der Waals surface area contributed by atoms with Gasteiger partial charge in [-0.15, -0.1) is 17.9 Å². The number of fused-ring (bicyclic) bond motifs is 1. The Hall–Kier alpha value is -2.47. The van der Waals surface area contributed by atoms with Gasteiger partial charge in [0.25, 0.3) is 0 Å². The zero-order chi connectivity index (χ0) is 15.5. The molecular formula is C16H17N3O2S. The number of methoxy groups -OCH3 is 2. The van der Waals surface area contributed by atoms with Crippen LogP contribution in [0, 0.1) is 0 Å². The van der Waals surface area contributed by atoms with Gasteiger partial charge in [-0.25, -0.2) is 4.98 Å². The van der Waals surface area contributed by atoms with Crippen LogP contribution in [0.2, 0.25) is 0 Å². The van der Waals surface area contributed by atoms with Gasteiger partial charge in [0.1, 0.15) is 11.5 Å². The fourth-order valence-corrected chi connectivity index (χ4v) is 3.04. The first kappa shape index (κ1) is 14.5. The zero-order valence-electron chi connectivity index (χ0n) is 12.5. The van der Waals surface area contributed by atoms with E-state index in [1.165, 1.54) is 0 Å². The number of aromatic nitrogens is 2. The maximum atomic E-state index is 5.51. The summed E-state index contributed by atoms with van der Waals surface area (Å²) in [5, 5.41) is 7.10. The first-order valence-corrected chi connectivity index (χ1v) is 7.68. The van der Waals surface area contributed by atoms with Crippen molar-refractivity contribution < 1.29 is 9.47 Å². The van der Waals surface area contributed by atoms with E-state index in [9.17, 15) is 0 Å². The minimum atomic E-state index is 0.696. The Balaban J connectivity index is 2.07. The van der Waals surface area contributed by atoms with E-state index in [1.807, 2.05) is 29.8 Å². The van der Waals surface area contributed by atoms with Gasteiger partial charge >= 0.3 is 0 Å². The van der Waals surface area contributed by atoms with Crippen LogP contribution >= 0.6 is 11.3 Å². The van der Waals surface area contributed by atoms with Crippen molar-refractivity contribution in [2.75, 3.05) is 26.1 Å². The third kappa shape index (κ3) is 2.53. The maximum Gasteiger partial charge on any atom is 0.183 e. The van der Waals surface area contributed by atoms with Crippen LogP contribution < -0.4 is 14.8 Å². The van der Waals surface area contributed by atoms with Crippen LogP contribution in [0.3, 0.4) is 0 Å². The zero-order valence-corrected chi connectivity index (χ0v) is 13.3. The second kappa shape index (κ2) is 6.11. The van der Waals surface area contributed by atoms with E-state index in [-0.39, 0.29) is 0 Å². The summed E-state index contributed by atoms with van der Waals surface area (Å²) in [6.07, 6.45) is 3.75. The van der Waals surface area contributed by atoms with E-state index in [1.54, 1.807) is 25.6 Å². The number of rotatable bonds is 6. The van der Waals surface area contributed by atoms with Gasteiger partial charge in [0, 0.05) is 35.8 Å². The quantitative estimate of drug-likeness (QED) is 0.677. The Morgan fingerprint density at radius 2 is 2.23 bits per heavy atom. The van der Waals surface area contributed by atoms with Gasteiger partial charge < -0.3 is 19.8 Å². The lowest BCUT2D eigenvalue weighted by molar-refractivity contribution is 0.398. The highest BCUT2D eigenvalue weighted by Gasteiger charge is 2.15. The summed E-state index contributed by atoms with van der Waals surface area (Å²) in [6.45, 7) is 4.39. The molecule has 0 radical (unpaired) electrons. The lowest BCUT2D eigenvalue weighted by Gasteiger charge is -2.07. The monoisotopic (exact) mass is 315 g/mol. The van der Waals surface area contributed by atoms with Crippen LogP contribution in [-0.2, 0) is 0 Å². The molecule has 3 aromatic rings. The maximum absolute atomic E-state index is 5.51. The molecule has 0 fully saturated rings. The number of hydrogen-bond donors (Lipinski definition) is 2. The highest BCUT2D eigenvalue weighted by atomic mass is 32.1. The van der Waals surface area contributed by atoms with Gasteiger partial charge in [0.05, 0.1) is 30.8 Å². The van der Waals surface area contributed by atoms with Crippen molar-refractivity contribution in [3.63, 3.8) is 0 Å². The average Bonchev–Trinajstić information content (AvgIpc) is 3.18. The highest BCUT2D eigenvalue weighted by Crippen LogP contribution is 2.38. The number of thiazole rings is 1. The molecule has 0 aliphatic carbocycles. The smallest absolute Gasteiger partial charge is 0.183 e. The van der Waals surface area contributed by atoms with Gasteiger partial charge in [-0.2, -0.15) is 0 Å². The average molecular weight is 315 g/mol. The largest absolute Gasteiger partial charge is 0.497 e. The molecule has 2 heterocycles. The molecule has 6 heteroatoms. The van der Waals surface area contributed by atoms with E-state index >= 15 is 0 Å². The van der Waals surface area contributed by atoms with Gasteiger partial charge in [0.15, 0.2) is 5.13 Å². The van der Waals surface area contributed by atoms with Gasteiger partial charge in [0.2, 0.25) is 0 Å². The molecule has 2 aromatic heterocycles. The number of anilines is 1. The molecule has 0 amide bonds. The molecule has 1 aromatic carbocycles. The molecule has 0 saturated carbocycles. The van der Waals surface area contributed by atoms with Crippen molar-refractivity contribution in [3.8, 4) is 22.8 Å². The van der Waals surface area contributed by atoms with Crippen molar-refractivity contribution in [2.45, 2.75) is 0 Å². The number of hydrogen-bond acceptors (Lipinski definition) is 5. The minimum absolute atomic E-state index is 0.696. The van der Waals surface area contributed by atoms with Crippen LogP contribution in [0.5, 0.6) is 11.5 Å². The summed E-state index contributed by atoms with van der Waals surface area (Å²) in [7, 11) is 3.30. The summed E-state index contributed by atoms with van der Waals surface area (Å²) in [5.41, 5.74) is 2.88. The Bertz CT molecular complexity index is 807. The van der Waals surface area contributed by atoms with Gasteiger partial charge in [-0.05, 0) is 0 Å². The highest BCUT2D eigenvalue weighted by molar-refractivity contribution is 7.14. The Labute approximate surface area is 132 Å². The van der Waals surface area contributed by atoms with E-state index in [4.69, 9.17) is 9.47 Å². The standard InChI is InChI=1S/C16H17N3O2S/c1-4-5-17-16-19-13(9-22-16)11-8-18-12-6-10(20-2)7-14(21-3)15(11)12/h4,6-9,18H,1,5H2,2-3H3,(H,17,19). The van der Waals surface area contributed by atoms with E-state index in [0.717, 1.165) is 38.8 Å². The van der Waals surface area contributed by atoms with Crippen LogP contribution in [-0.4, -0.2) is 30.7 Å². The van der Waals surface area contributed by atoms with Crippen molar-refractivity contribution in [1.82, 2.24) is 9.97 Å². The van der Waals surface area contributed by atoms with E-state index in [2.05, 4.69) is 21.9 Å². The number of benzene rings is 1. The van der Waals surface area contributed by atoms with Crippen LogP contribution in [0.4, 0.5) is 5.13 Å². The second-order valence-corrected chi connectivity index (χ2v) is 5.52. The molecule has 22 heavy (non-hydrogen) atoms. The lowest BCUT2D eigenvalue weighted by atomic mass is 10.1. The van der Waals surface area contributed by atoms with Crippen LogP contribution in [0.15, 0.2) is 36.4 Å². The molecule has 0 atom stereocenters. The fourth-order valence-electron chi connectivity index (χ4n) is 2.32. The number of aromatic amines is 1. The topological polar surface area (TPSA) is 59.2 Å². The Kier molecular flexibility index (Phi) is 4.02. The van der Waals surface area contributed by atoms with Crippen LogP contribution in [0.1, 0.15) is 0 Å². The first-order valence-electron chi connectivity index (χ1n) is 6.80. The summed E-state index contributed by atoms with van der Waals surface area (Å²) in [5.74, 6) is 1.52. The predicted octanol–water partition coefficient (Wildman–Crippen LogP) is 3.91. The van der Waals surface area contributed by atoms with E-state index in [0.29, 0.717) is 6.54 Å². The summed E-state index contributed by atoms with van der Waals surface area (Å²) in [6, 6.07) is 3.83. The molecule has 2 N–H and O–H groups in total. The second-order valence-electron chi connectivity index (χ2n) is 4.66. The molecule has 0 aliphatic heterocycles. The number of nitrogens with one attached hydrogen (secondary N) is 2. The Morgan fingerprint density at radius 1 is 1.36 bits per heavy atom. The van der Waals surface area contributed by atoms with Crippen molar-refractivity contribution in [3.05, 3.63) is 36.4 Å². The molecule has 3 rings (SSSR count). The predicted molar refractivity (Wildman–Crippen MR) is 91.2 cm³/mol. The molecule has 0 aliphatic rings. The van der Waals surface area contributed by atoms with Crippen molar-refractivity contribution in [2.24, 2.45) is 0 Å². The molecule has 0 bridgehead atoms. The number of H-pyrrole nitrogens is 1. The fraction of sp³-hybridized carbons (Fsp3) is 0.188. The molecule has 0 spiro atoms. The van der Waals surface area contributed by atoms with Gasteiger partial charge in [-0.1, -0.05) is 6.08 Å². The molecule has 5 nitrogen and oxygen atoms in total. The van der Waals surface area contributed by atoms with Crippen molar-refractivity contribution >= 4 is 27.4 Å². The molecular weight excluding hydrogens is 298 g/mol. The Morgan fingerprint density at radius 3 is 2.95 bits per heavy atom. The summed E-state index contributed by atoms with van der Waals surface area (Å²) in [4.78, 5) is 7.87. The third-order valence-electron chi connectivity index (χ3n) is 3.35. The molecule has 114 valence electrons. The molecule has 0 unspecified atom stereocenters. The first-order chi connectivity index (χ1) is 10.8. The van der Waals surface area contributed by atoms with Crippen LogP contribution in [0.25, 0.3) is 22.2 Å². The SMILES string of the molecule is C=CCNc1nc(-c2c[nH]c3cc(OC)cc(OC)c23)cs1. The van der Waals surface area contributed by atoms with E-state index < -0.39 is 0 Å².